The van der Waals surface area contributed by atoms with Gasteiger partial charge in [0.1, 0.15) is 11.5 Å². The van der Waals surface area contributed by atoms with Crippen LogP contribution in [0.2, 0.25) is 0 Å². The van der Waals surface area contributed by atoms with Crippen LogP contribution in [0.1, 0.15) is 29.9 Å². The molecule has 0 radical (unpaired) electrons. The highest BCUT2D eigenvalue weighted by Gasteiger charge is 2.26. The summed E-state index contributed by atoms with van der Waals surface area (Å²) in [7, 11) is 0. The Morgan fingerprint density at radius 1 is 1.07 bits per heavy atom. The molecule has 2 aliphatic rings. The van der Waals surface area contributed by atoms with Crippen molar-refractivity contribution < 1.29 is 14.6 Å². The van der Waals surface area contributed by atoms with Gasteiger partial charge in [-0.25, -0.2) is 4.98 Å². The van der Waals surface area contributed by atoms with E-state index in [9.17, 15) is 9.90 Å². The Morgan fingerprint density at radius 2 is 1.80 bits per heavy atom. The van der Waals surface area contributed by atoms with Gasteiger partial charge in [-0.15, -0.1) is 0 Å². The number of anilines is 4. The van der Waals surface area contributed by atoms with Gasteiger partial charge in [0.05, 0.1) is 19.3 Å². The third kappa shape index (κ3) is 6.09. The Morgan fingerprint density at radius 3 is 2.45 bits per heavy atom. The van der Waals surface area contributed by atoms with Gasteiger partial charge in [0.15, 0.2) is 0 Å². The molecule has 2 aromatic carbocycles. The van der Waals surface area contributed by atoms with Gasteiger partial charge in [-0.2, -0.15) is 0 Å². The van der Waals surface area contributed by atoms with Gasteiger partial charge in [-0.3, -0.25) is 9.52 Å². The predicted molar refractivity (Wildman–Crippen MR) is 163 cm³/mol. The molecule has 5 rings (SSSR count). The van der Waals surface area contributed by atoms with Crippen LogP contribution in [0.25, 0.3) is 11.1 Å². The molecule has 0 aliphatic carbocycles. The maximum absolute atomic E-state index is 13.0. The van der Waals surface area contributed by atoms with E-state index in [-0.39, 0.29) is 23.6 Å². The molecule has 3 aromatic rings. The number of aliphatic hydroxyl groups excluding tert-OH is 1. The Labute approximate surface area is 239 Å². The quantitative estimate of drug-likeness (QED) is 0.223. The Balaban J connectivity index is 1.58. The van der Waals surface area contributed by atoms with Crippen molar-refractivity contribution in [2.24, 2.45) is 5.92 Å². The van der Waals surface area contributed by atoms with Crippen LogP contribution >= 0.6 is 11.9 Å². The summed E-state index contributed by atoms with van der Waals surface area (Å²) in [5.74, 6) is 0.0988. The van der Waals surface area contributed by atoms with E-state index in [1.165, 1.54) is 11.9 Å². The lowest BCUT2D eigenvalue weighted by Gasteiger charge is -2.38. The average molecular weight is 561 g/mol. The van der Waals surface area contributed by atoms with E-state index in [0.717, 1.165) is 41.3 Å². The fourth-order valence-corrected chi connectivity index (χ4v) is 5.23. The van der Waals surface area contributed by atoms with Crippen LogP contribution in [0.15, 0.2) is 54.6 Å². The maximum Gasteiger partial charge on any atom is 0.279 e. The minimum atomic E-state index is -0.305. The molecule has 0 unspecified atom stereocenters. The molecule has 2 saturated heterocycles. The zero-order valence-corrected chi connectivity index (χ0v) is 23.9. The number of carbonyl (C=O) groups excluding carboxylic acids is 1. The van der Waals surface area contributed by atoms with Crippen molar-refractivity contribution in [1.29, 1.82) is 5.41 Å². The molecule has 0 saturated carbocycles. The molecule has 0 bridgehead atoms. The van der Waals surface area contributed by atoms with Crippen LogP contribution in [-0.2, 0) is 4.74 Å². The van der Waals surface area contributed by atoms with E-state index in [1.807, 2.05) is 50.2 Å². The number of hydrogen-bond donors (Lipinski definition) is 4. The number of benzene rings is 2. The Kier molecular flexibility index (Phi) is 8.58. The number of β-amino-alcohol motifs (C(OH)–C–C–N with tert-alkyl or cyclic N) is 1. The van der Waals surface area contributed by atoms with Gasteiger partial charge in [-0.1, -0.05) is 44.0 Å². The number of pyridine rings is 1. The van der Waals surface area contributed by atoms with Crippen molar-refractivity contribution >= 4 is 46.4 Å². The van der Waals surface area contributed by atoms with Crippen molar-refractivity contribution in [3.8, 4) is 11.1 Å². The van der Waals surface area contributed by atoms with Gasteiger partial charge in [0, 0.05) is 60.8 Å². The maximum atomic E-state index is 13.0. The molecule has 4 N–H and O–H groups in total. The smallest absolute Gasteiger partial charge is 0.279 e. The molecule has 0 spiro atoms. The molecule has 1 aromatic heterocycles. The highest BCUT2D eigenvalue weighted by Crippen LogP contribution is 2.35. The number of morpholine rings is 1. The van der Waals surface area contributed by atoms with Crippen LogP contribution in [0.4, 0.5) is 22.9 Å². The molecule has 3 heterocycles. The zero-order chi connectivity index (χ0) is 28.2. The van der Waals surface area contributed by atoms with Crippen molar-refractivity contribution in [3.05, 3.63) is 65.9 Å². The van der Waals surface area contributed by atoms with Crippen molar-refractivity contribution in [1.82, 2.24) is 9.71 Å². The van der Waals surface area contributed by atoms with Crippen LogP contribution in [0.3, 0.4) is 0 Å². The average Bonchev–Trinajstić information content (AvgIpc) is 2.95. The van der Waals surface area contributed by atoms with E-state index in [1.54, 1.807) is 12.3 Å². The minimum Gasteiger partial charge on any atom is -0.389 e. The van der Waals surface area contributed by atoms with Gasteiger partial charge >= 0.3 is 0 Å². The molecule has 2 aliphatic heterocycles. The number of ether oxygens (including phenoxy) is 1. The second kappa shape index (κ2) is 12.3. The number of nitrogens with zero attached hydrogens (tertiary/aromatic N) is 3. The summed E-state index contributed by atoms with van der Waals surface area (Å²) < 4.78 is 8.28. The lowest BCUT2D eigenvalue weighted by Crippen LogP contribution is -2.50. The summed E-state index contributed by atoms with van der Waals surface area (Å²) in [4.78, 5) is 22.1. The number of nitrogens with one attached hydrogen (secondary N) is 3. The first-order valence-corrected chi connectivity index (χ1v) is 14.8. The van der Waals surface area contributed by atoms with Gasteiger partial charge in [-0.05, 0) is 53.4 Å². The summed E-state index contributed by atoms with van der Waals surface area (Å²) in [6.45, 7) is 8.29. The first-order chi connectivity index (χ1) is 19.3. The van der Waals surface area contributed by atoms with Crippen LogP contribution < -0.4 is 19.8 Å². The molecule has 1 amide bonds. The lowest BCUT2D eigenvalue weighted by molar-refractivity contribution is 0.0980. The van der Waals surface area contributed by atoms with Gasteiger partial charge in [0.25, 0.3) is 5.91 Å². The summed E-state index contributed by atoms with van der Waals surface area (Å²) in [5, 5.41) is 22.2. The summed E-state index contributed by atoms with van der Waals surface area (Å²) >= 11 is 1.22. The molecular weight excluding hydrogens is 524 g/mol. The third-order valence-electron chi connectivity index (χ3n) is 7.18. The van der Waals surface area contributed by atoms with Crippen LogP contribution in [0.5, 0.6) is 0 Å². The Hall–Kier alpha value is -3.60. The Bertz CT molecular complexity index is 1370. The molecule has 0 atom stereocenters. The lowest BCUT2D eigenvalue weighted by atomic mass is 9.91. The molecule has 40 heavy (non-hydrogen) atoms. The highest BCUT2D eigenvalue weighted by atomic mass is 32.2. The van der Waals surface area contributed by atoms with E-state index in [2.05, 4.69) is 32.0 Å². The number of rotatable bonds is 9. The first-order valence-electron chi connectivity index (χ1n) is 13.5. The molecule has 210 valence electrons. The number of aliphatic hydroxyl groups is 1. The van der Waals surface area contributed by atoms with Gasteiger partial charge in [0.2, 0.25) is 0 Å². The number of hydrogen-bond acceptors (Lipinski definition) is 9. The van der Waals surface area contributed by atoms with Crippen molar-refractivity contribution in [2.45, 2.75) is 20.0 Å². The van der Waals surface area contributed by atoms with E-state index in [0.29, 0.717) is 43.4 Å². The molecular formula is C30H36N6O3S. The van der Waals surface area contributed by atoms with E-state index < -0.39 is 0 Å². The standard InChI is InChI=1S/C30H36N6O3S/c1-19(2)28(31)27-25(20-7-9-22(10-8-20)35-11-13-39-14-12-35)16-26(30(38)34-40-3)33-29(27)32-21-5-4-6-23(15-21)36-17-24(37)18-36/h4-10,15-16,19,24,31,37H,11-14,17-18H2,1-3H3,(H,32,33)(H,34,38). The monoisotopic (exact) mass is 560 g/mol. The minimum absolute atomic E-state index is 0.0616. The van der Waals surface area contributed by atoms with E-state index in [4.69, 9.17) is 15.1 Å². The number of aromatic nitrogens is 1. The SMILES string of the molecule is CSNC(=O)c1cc(-c2ccc(N3CCOCC3)cc2)c(C(=N)C(C)C)c(Nc2cccc(N3CC(O)C3)c2)n1. The van der Waals surface area contributed by atoms with Crippen molar-refractivity contribution in [2.75, 3.05) is 60.8 Å². The normalized spacial score (nSPS) is 15.6. The number of carbonyl (C=O) groups is 1. The second-order valence-corrected chi connectivity index (χ2v) is 11.0. The molecule has 2 fully saturated rings. The molecule has 10 heteroatoms. The summed E-state index contributed by atoms with van der Waals surface area (Å²) in [5.41, 5.74) is 5.95. The third-order valence-corrected chi connectivity index (χ3v) is 7.57. The summed E-state index contributed by atoms with van der Waals surface area (Å²) in [6.07, 6.45) is 1.49. The fourth-order valence-electron chi connectivity index (χ4n) is 4.94. The first kappa shape index (κ1) is 27.9. The van der Waals surface area contributed by atoms with Crippen LogP contribution in [-0.4, -0.2) is 73.5 Å². The largest absolute Gasteiger partial charge is 0.389 e. The topological polar surface area (TPSA) is 114 Å². The summed E-state index contributed by atoms with van der Waals surface area (Å²) in [6, 6.07) is 18.0. The second-order valence-electron chi connectivity index (χ2n) is 10.4. The van der Waals surface area contributed by atoms with Crippen LogP contribution in [0, 0.1) is 11.3 Å². The predicted octanol–water partition coefficient (Wildman–Crippen LogP) is 4.54. The van der Waals surface area contributed by atoms with Crippen molar-refractivity contribution in [3.63, 3.8) is 0 Å². The number of amides is 1. The molecule has 9 nitrogen and oxygen atoms in total. The van der Waals surface area contributed by atoms with E-state index >= 15 is 0 Å². The zero-order valence-electron chi connectivity index (χ0n) is 23.1. The fraction of sp³-hybridized carbons (Fsp3) is 0.367. The van der Waals surface area contributed by atoms with Gasteiger partial charge < -0.3 is 30.4 Å². The highest BCUT2D eigenvalue weighted by molar-refractivity contribution is 7.97.